The Morgan fingerprint density at radius 3 is 2.47 bits per heavy atom. The number of aliphatic hydroxyl groups excluding tert-OH is 1. The molecule has 0 spiro atoms. The Kier molecular flexibility index (Phi) is 3.67. The first-order valence-electron chi connectivity index (χ1n) is 4.97. The lowest BCUT2D eigenvalue weighted by Crippen LogP contribution is -1.90. The zero-order chi connectivity index (χ0) is 12.4. The molecule has 0 aliphatic carbocycles. The third kappa shape index (κ3) is 2.44. The molecule has 0 saturated carbocycles. The molecule has 0 saturated heterocycles. The van der Waals surface area contributed by atoms with Crippen LogP contribution in [0, 0.1) is 5.82 Å². The van der Waals surface area contributed by atoms with Gasteiger partial charge in [-0.3, -0.25) is 0 Å². The summed E-state index contributed by atoms with van der Waals surface area (Å²) >= 11 is 11.9. The van der Waals surface area contributed by atoms with Crippen molar-refractivity contribution in [3.63, 3.8) is 0 Å². The van der Waals surface area contributed by atoms with Crippen molar-refractivity contribution >= 4 is 23.2 Å². The highest BCUT2D eigenvalue weighted by molar-refractivity contribution is 6.43. The predicted molar refractivity (Wildman–Crippen MR) is 67.8 cm³/mol. The molecule has 0 unspecified atom stereocenters. The molecule has 2 aromatic carbocycles. The number of benzene rings is 2. The summed E-state index contributed by atoms with van der Waals surface area (Å²) in [5.74, 6) is -0.430. The quantitative estimate of drug-likeness (QED) is 0.863. The van der Waals surface area contributed by atoms with Crippen molar-refractivity contribution in [2.75, 3.05) is 0 Å². The maximum absolute atomic E-state index is 13.8. The van der Waals surface area contributed by atoms with Gasteiger partial charge in [-0.15, -0.1) is 0 Å². The van der Waals surface area contributed by atoms with Crippen molar-refractivity contribution in [3.05, 3.63) is 57.8 Å². The van der Waals surface area contributed by atoms with Gasteiger partial charge in [-0.2, -0.15) is 0 Å². The van der Waals surface area contributed by atoms with Crippen LogP contribution in [0.3, 0.4) is 0 Å². The average molecular weight is 271 g/mol. The zero-order valence-corrected chi connectivity index (χ0v) is 10.3. The molecule has 0 amide bonds. The molecule has 4 heteroatoms. The predicted octanol–water partition coefficient (Wildman–Crippen LogP) is 4.29. The van der Waals surface area contributed by atoms with Crippen LogP contribution in [0.2, 0.25) is 10.0 Å². The lowest BCUT2D eigenvalue weighted by molar-refractivity contribution is 0.281. The topological polar surface area (TPSA) is 20.2 Å². The van der Waals surface area contributed by atoms with E-state index in [1.807, 2.05) is 0 Å². The standard InChI is InChI=1S/C13H9Cl2FO/c14-11-3-1-2-10(13(11)15)9-5-4-8(7-17)6-12(9)16/h1-6,17H,7H2. The van der Waals surface area contributed by atoms with Gasteiger partial charge < -0.3 is 5.11 Å². The third-order valence-corrected chi connectivity index (χ3v) is 3.28. The van der Waals surface area contributed by atoms with Gasteiger partial charge in [0.25, 0.3) is 0 Å². The largest absolute Gasteiger partial charge is 0.392 e. The Hall–Kier alpha value is -1.09. The molecule has 88 valence electrons. The van der Waals surface area contributed by atoms with E-state index in [1.54, 1.807) is 30.3 Å². The summed E-state index contributed by atoms with van der Waals surface area (Å²) in [5.41, 5.74) is 1.43. The van der Waals surface area contributed by atoms with Crippen LogP contribution in [0.25, 0.3) is 11.1 Å². The van der Waals surface area contributed by atoms with Gasteiger partial charge in [-0.25, -0.2) is 4.39 Å². The molecule has 0 radical (unpaired) electrons. The molecule has 2 aromatic rings. The van der Waals surface area contributed by atoms with Gasteiger partial charge in [-0.05, 0) is 17.7 Å². The SMILES string of the molecule is OCc1ccc(-c2cccc(Cl)c2Cl)c(F)c1. The second-order valence-corrected chi connectivity index (χ2v) is 4.36. The summed E-state index contributed by atoms with van der Waals surface area (Å²) in [4.78, 5) is 0. The maximum atomic E-state index is 13.8. The highest BCUT2D eigenvalue weighted by atomic mass is 35.5. The van der Waals surface area contributed by atoms with E-state index in [9.17, 15) is 4.39 Å². The summed E-state index contributed by atoms with van der Waals surface area (Å²) in [6.45, 7) is -0.194. The first kappa shape index (κ1) is 12.4. The van der Waals surface area contributed by atoms with E-state index in [2.05, 4.69) is 0 Å². The molecule has 17 heavy (non-hydrogen) atoms. The minimum atomic E-state index is -0.430. The molecule has 0 aliphatic heterocycles. The average Bonchev–Trinajstić information content (AvgIpc) is 2.33. The van der Waals surface area contributed by atoms with Crippen LogP contribution in [0.15, 0.2) is 36.4 Å². The maximum Gasteiger partial charge on any atom is 0.131 e. The molecule has 2 rings (SSSR count). The summed E-state index contributed by atoms with van der Waals surface area (Å²) in [6.07, 6.45) is 0. The Bertz CT molecular complexity index is 555. The molecule has 1 N–H and O–H groups in total. The first-order valence-corrected chi connectivity index (χ1v) is 5.72. The minimum Gasteiger partial charge on any atom is -0.392 e. The van der Waals surface area contributed by atoms with Crippen LogP contribution in [0.5, 0.6) is 0 Å². The number of hydrogen-bond donors (Lipinski definition) is 1. The van der Waals surface area contributed by atoms with Crippen LogP contribution in [-0.2, 0) is 6.61 Å². The Morgan fingerprint density at radius 1 is 1.06 bits per heavy atom. The van der Waals surface area contributed by atoms with Crippen molar-refractivity contribution in [3.8, 4) is 11.1 Å². The molecule has 0 bridgehead atoms. The minimum absolute atomic E-state index is 0.194. The number of aliphatic hydroxyl groups is 1. The van der Waals surface area contributed by atoms with Gasteiger partial charge >= 0.3 is 0 Å². The second kappa shape index (κ2) is 5.05. The Balaban J connectivity index is 2.57. The van der Waals surface area contributed by atoms with E-state index in [-0.39, 0.29) is 6.61 Å². The molecule has 0 heterocycles. The smallest absolute Gasteiger partial charge is 0.131 e. The van der Waals surface area contributed by atoms with Crippen LogP contribution in [0.4, 0.5) is 4.39 Å². The van der Waals surface area contributed by atoms with E-state index in [0.717, 1.165) is 0 Å². The normalized spacial score (nSPS) is 10.6. The molecule has 0 atom stereocenters. The molecular formula is C13H9Cl2FO. The van der Waals surface area contributed by atoms with Crippen LogP contribution < -0.4 is 0 Å². The monoisotopic (exact) mass is 270 g/mol. The second-order valence-electron chi connectivity index (χ2n) is 3.57. The van der Waals surface area contributed by atoms with Crippen molar-refractivity contribution in [2.45, 2.75) is 6.61 Å². The molecular weight excluding hydrogens is 262 g/mol. The van der Waals surface area contributed by atoms with E-state index in [1.165, 1.54) is 6.07 Å². The van der Waals surface area contributed by atoms with E-state index >= 15 is 0 Å². The first-order chi connectivity index (χ1) is 8.13. The molecule has 0 fully saturated rings. The van der Waals surface area contributed by atoms with Gasteiger partial charge in [0.2, 0.25) is 0 Å². The van der Waals surface area contributed by atoms with Crippen molar-refractivity contribution < 1.29 is 9.50 Å². The molecule has 0 aliphatic rings. The van der Waals surface area contributed by atoms with Crippen LogP contribution in [-0.4, -0.2) is 5.11 Å². The molecule has 0 aromatic heterocycles. The number of hydrogen-bond acceptors (Lipinski definition) is 1. The summed E-state index contributed by atoms with van der Waals surface area (Å²) in [5, 5.41) is 9.62. The fourth-order valence-corrected chi connectivity index (χ4v) is 1.99. The third-order valence-electron chi connectivity index (χ3n) is 2.46. The van der Waals surface area contributed by atoms with E-state index in [0.29, 0.717) is 26.7 Å². The zero-order valence-electron chi connectivity index (χ0n) is 8.75. The van der Waals surface area contributed by atoms with Crippen molar-refractivity contribution in [1.82, 2.24) is 0 Å². The number of rotatable bonds is 2. The summed E-state index contributed by atoms with van der Waals surface area (Å²) in [7, 11) is 0. The van der Waals surface area contributed by atoms with E-state index < -0.39 is 5.82 Å². The van der Waals surface area contributed by atoms with Crippen molar-refractivity contribution in [1.29, 1.82) is 0 Å². The highest BCUT2D eigenvalue weighted by Crippen LogP contribution is 2.34. The summed E-state index contributed by atoms with van der Waals surface area (Å²) < 4.78 is 13.8. The van der Waals surface area contributed by atoms with Gasteiger partial charge in [0.05, 0.1) is 16.7 Å². The number of halogens is 3. The van der Waals surface area contributed by atoms with Gasteiger partial charge in [0.15, 0.2) is 0 Å². The highest BCUT2D eigenvalue weighted by Gasteiger charge is 2.11. The summed E-state index contributed by atoms with van der Waals surface area (Å²) in [6, 6.07) is 9.57. The fourth-order valence-electron chi connectivity index (χ4n) is 1.59. The van der Waals surface area contributed by atoms with Gasteiger partial charge in [0, 0.05) is 11.1 Å². The van der Waals surface area contributed by atoms with Gasteiger partial charge in [-0.1, -0.05) is 47.5 Å². The van der Waals surface area contributed by atoms with Crippen LogP contribution in [0.1, 0.15) is 5.56 Å². The Labute approximate surface area is 108 Å². The fraction of sp³-hybridized carbons (Fsp3) is 0.0769. The lowest BCUT2D eigenvalue weighted by atomic mass is 10.0. The van der Waals surface area contributed by atoms with E-state index in [4.69, 9.17) is 28.3 Å². The Morgan fingerprint density at radius 2 is 1.82 bits per heavy atom. The van der Waals surface area contributed by atoms with Gasteiger partial charge in [0.1, 0.15) is 5.82 Å². The molecule has 1 nitrogen and oxygen atoms in total. The van der Waals surface area contributed by atoms with Crippen LogP contribution >= 0.6 is 23.2 Å². The lowest BCUT2D eigenvalue weighted by Gasteiger charge is -2.08. The van der Waals surface area contributed by atoms with Crippen molar-refractivity contribution in [2.24, 2.45) is 0 Å².